The lowest BCUT2D eigenvalue weighted by atomic mass is 10.1. The van der Waals surface area contributed by atoms with Crippen molar-refractivity contribution in [2.24, 2.45) is 5.92 Å². The van der Waals surface area contributed by atoms with Crippen LogP contribution in [-0.4, -0.2) is 42.6 Å². The number of aliphatic hydroxyl groups is 1. The lowest BCUT2D eigenvalue weighted by Crippen LogP contribution is -2.27. The molecule has 0 atom stereocenters. The average Bonchev–Trinajstić information content (AvgIpc) is 3.70. The summed E-state index contributed by atoms with van der Waals surface area (Å²) in [4.78, 5) is 20.8. The maximum absolute atomic E-state index is 12.1. The van der Waals surface area contributed by atoms with E-state index in [-0.39, 0.29) is 30.7 Å². The molecule has 4 rings (SSSR count). The Morgan fingerprint density at radius 1 is 1.14 bits per heavy atom. The van der Waals surface area contributed by atoms with Crippen LogP contribution in [0.1, 0.15) is 24.0 Å². The van der Waals surface area contributed by atoms with Crippen molar-refractivity contribution < 1.29 is 18.3 Å². The summed E-state index contributed by atoms with van der Waals surface area (Å²) >= 11 is 0. The van der Waals surface area contributed by atoms with Gasteiger partial charge in [-0.1, -0.05) is 18.2 Å². The molecule has 0 bridgehead atoms. The molecule has 1 amide bonds. The lowest BCUT2D eigenvalue weighted by molar-refractivity contribution is -0.117. The van der Waals surface area contributed by atoms with E-state index < -0.39 is 10.0 Å². The fourth-order valence-electron chi connectivity index (χ4n) is 3.35. The molecule has 180 valence electrons. The molecule has 1 aliphatic carbocycles. The highest BCUT2D eigenvalue weighted by atomic mass is 32.2. The van der Waals surface area contributed by atoms with Gasteiger partial charge in [0.15, 0.2) is 0 Å². The number of anilines is 3. The molecular weight excluding hydrogens is 468 g/mol. The van der Waals surface area contributed by atoms with Crippen LogP contribution < -0.4 is 15.4 Å². The Balaban J connectivity index is 1.45. The number of amides is 1. The summed E-state index contributed by atoms with van der Waals surface area (Å²) < 4.78 is 26.2. The normalized spacial score (nSPS) is 13.1. The van der Waals surface area contributed by atoms with E-state index in [0.29, 0.717) is 39.7 Å². The number of hydrogen-bond donors (Lipinski definition) is 4. The van der Waals surface area contributed by atoms with E-state index in [0.717, 1.165) is 12.8 Å². The quantitative estimate of drug-likeness (QED) is 0.336. The summed E-state index contributed by atoms with van der Waals surface area (Å²) in [7, 11) is -3.52. The monoisotopic (exact) mass is 492 g/mol. The number of nitriles is 1. The number of hydrogen-bond acceptors (Lipinski definition) is 8. The minimum Gasteiger partial charge on any atom is -0.395 e. The Kier molecular flexibility index (Phi) is 7.36. The smallest absolute Gasteiger partial charge is 0.227 e. The maximum atomic E-state index is 12.1. The number of benzene rings is 2. The predicted molar refractivity (Wildman–Crippen MR) is 131 cm³/mol. The van der Waals surface area contributed by atoms with Crippen molar-refractivity contribution in [1.82, 2.24) is 14.7 Å². The van der Waals surface area contributed by atoms with Gasteiger partial charge in [0.2, 0.25) is 21.9 Å². The minimum absolute atomic E-state index is 0.0245. The van der Waals surface area contributed by atoms with Gasteiger partial charge in [-0.3, -0.25) is 4.79 Å². The highest BCUT2D eigenvalue weighted by molar-refractivity contribution is 7.88. The molecule has 0 unspecified atom stereocenters. The van der Waals surface area contributed by atoms with E-state index >= 15 is 0 Å². The number of rotatable bonds is 10. The molecule has 0 radical (unpaired) electrons. The molecule has 0 aliphatic heterocycles. The molecule has 2 aromatic carbocycles. The fourth-order valence-corrected chi connectivity index (χ4v) is 4.49. The Morgan fingerprint density at radius 2 is 1.91 bits per heavy atom. The molecular formula is C24H24N6O4S. The number of sulfonamides is 1. The summed E-state index contributed by atoms with van der Waals surface area (Å²) in [6, 6.07) is 15.8. The molecule has 1 heterocycles. The van der Waals surface area contributed by atoms with Gasteiger partial charge in [-0.25, -0.2) is 23.1 Å². The second-order valence-electron chi connectivity index (χ2n) is 8.10. The molecule has 1 fully saturated rings. The van der Waals surface area contributed by atoms with Crippen molar-refractivity contribution in [3.8, 4) is 17.3 Å². The molecule has 1 saturated carbocycles. The van der Waals surface area contributed by atoms with E-state index in [2.05, 4.69) is 31.4 Å². The van der Waals surface area contributed by atoms with Crippen LogP contribution in [-0.2, 0) is 20.6 Å². The number of nitrogens with zero attached hydrogens (tertiary/aromatic N) is 3. The van der Waals surface area contributed by atoms with Crippen LogP contribution in [0, 0.1) is 17.2 Å². The molecule has 1 aliphatic rings. The first-order valence-electron chi connectivity index (χ1n) is 11.0. The van der Waals surface area contributed by atoms with Crippen molar-refractivity contribution >= 4 is 33.3 Å². The molecule has 3 aromatic rings. The Labute approximate surface area is 203 Å². The van der Waals surface area contributed by atoms with E-state index in [1.165, 1.54) is 0 Å². The van der Waals surface area contributed by atoms with Gasteiger partial charge in [0.1, 0.15) is 6.07 Å². The SMILES string of the molecule is N#Cc1cc(-c2ccnc(Nc3ccc(CS(=O)(=O)NCCO)cc3)n2)ccc1NC(=O)C1CC1. The van der Waals surface area contributed by atoms with Gasteiger partial charge in [0, 0.05) is 29.9 Å². The van der Waals surface area contributed by atoms with E-state index in [1.54, 1.807) is 54.7 Å². The summed E-state index contributed by atoms with van der Waals surface area (Å²) in [5.74, 6) is 0.112. The molecule has 11 heteroatoms. The third-order valence-electron chi connectivity index (χ3n) is 5.30. The topological polar surface area (TPSA) is 157 Å². The number of aliphatic hydroxyl groups excluding tert-OH is 1. The zero-order valence-electron chi connectivity index (χ0n) is 18.7. The van der Waals surface area contributed by atoms with Crippen LogP contribution in [0.5, 0.6) is 0 Å². The minimum atomic E-state index is -3.52. The van der Waals surface area contributed by atoms with Gasteiger partial charge in [-0.15, -0.1) is 0 Å². The van der Waals surface area contributed by atoms with Gasteiger partial charge in [0.05, 0.1) is 29.3 Å². The van der Waals surface area contributed by atoms with Crippen molar-refractivity contribution in [3.63, 3.8) is 0 Å². The zero-order valence-corrected chi connectivity index (χ0v) is 19.5. The first kappa shape index (κ1) is 24.3. The number of carbonyl (C=O) groups is 1. The molecule has 0 saturated heterocycles. The Bertz CT molecular complexity index is 1370. The van der Waals surface area contributed by atoms with Gasteiger partial charge in [0.25, 0.3) is 0 Å². The van der Waals surface area contributed by atoms with Gasteiger partial charge < -0.3 is 15.7 Å². The zero-order chi connectivity index (χ0) is 24.8. The standard InChI is InChI=1S/C24H24N6O4S/c25-14-19-13-18(5-8-21(19)29-23(32)17-3-4-17)22-9-10-26-24(30-22)28-20-6-1-16(2-7-20)15-35(33,34)27-11-12-31/h1-2,5-10,13,17,27,31H,3-4,11-12,15H2,(H,29,32)(H,26,28,30). The van der Waals surface area contributed by atoms with Crippen molar-refractivity contribution in [2.75, 3.05) is 23.8 Å². The van der Waals surface area contributed by atoms with Crippen LogP contribution in [0.15, 0.2) is 54.7 Å². The second kappa shape index (κ2) is 10.6. The van der Waals surface area contributed by atoms with Crippen LogP contribution >= 0.6 is 0 Å². The fraction of sp³-hybridized carbons (Fsp3) is 0.250. The van der Waals surface area contributed by atoms with Gasteiger partial charge >= 0.3 is 0 Å². The predicted octanol–water partition coefficient (Wildman–Crippen LogP) is 2.52. The van der Waals surface area contributed by atoms with E-state index in [4.69, 9.17) is 5.11 Å². The Morgan fingerprint density at radius 3 is 2.60 bits per heavy atom. The van der Waals surface area contributed by atoms with Crippen LogP contribution in [0.2, 0.25) is 0 Å². The van der Waals surface area contributed by atoms with Crippen molar-refractivity contribution in [2.45, 2.75) is 18.6 Å². The second-order valence-corrected chi connectivity index (χ2v) is 9.91. The van der Waals surface area contributed by atoms with Crippen LogP contribution in [0.25, 0.3) is 11.3 Å². The van der Waals surface area contributed by atoms with Gasteiger partial charge in [-0.05, 0) is 48.7 Å². The van der Waals surface area contributed by atoms with Crippen LogP contribution in [0.4, 0.5) is 17.3 Å². The third kappa shape index (κ3) is 6.60. The van der Waals surface area contributed by atoms with Crippen molar-refractivity contribution in [1.29, 1.82) is 5.26 Å². The first-order chi connectivity index (χ1) is 16.9. The number of carbonyl (C=O) groups excluding carboxylic acids is 1. The van der Waals surface area contributed by atoms with E-state index in [1.807, 2.05) is 0 Å². The molecule has 4 N–H and O–H groups in total. The summed E-state index contributed by atoms with van der Waals surface area (Å²) in [6.07, 6.45) is 3.35. The first-order valence-corrected chi connectivity index (χ1v) is 12.6. The summed E-state index contributed by atoms with van der Waals surface area (Å²) in [5.41, 5.74) is 3.39. The van der Waals surface area contributed by atoms with Crippen molar-refractivity contribution in [3.05, 3.63) is 65.9 Å². The third-order valence-corrected chi connectivity index (χ3v) is 6.66. The highest BCUT2D eigenvalue weighted by Crippen LogP contribution is 2.31. The average molecular weight is 493 g/mol. The lowest BCUT2D eigenvalue weighted by Gasteiger charge is -2.10. The molecule has 35 heavy (non-hydrogen) atoms. The molecule has 10 nitrogen and oxygen atoms in total. The van der Waals surface area contributed by atoms with Crippen LogP contribution in [0.3, 0.4) is 0 Å². The number of nitrogens with one attached hydrogen (secondary N) is 3. The van der Waals surface area contributed by atoms with E-state index in [9.17, 15) is 18.5 Å². The van der Waals surface area contributed by atoms with Gasteiger partial charge in [-0.2, -0.15) is 5.26 Å². The largest absolute Gasteiger partial charge is 0.395 e. The Hall–Kier alpha value is -3.85. The maximum Gasteiger partial charge on any atom is 0.227 e. The summed E-state index contributed by atoms with van der Waals surface area (Å²) in [6.45, 7) is -0.288. The molecule has 0 spiro atoms. The highest BCUT2D eigenvalue weighted by Gasteiger charge is 2.30. The summed E-state index contributed by atoms with van der Waals surface area (Å²) in [5, 5.41) is 24.2. The number of aromatic nitrogens is 2. The molecule has 1 aromatic heterocycles.